The van der Waals surface area contributed by atoms with Crippen molar-refractivity contribution in [1.82, 2.24) is 0 Å². The van der Waals surface area contributed by atoms with Crippen LogP contribution in [0.5, 0.6) is 0 Å². The van der Waals surface area contributed by atoms with E-state index >= 15 is 0 Å². The molecule has 5 aromatic rings. The maximum absolute atomic E-state index is 2.47. The Morgan fingerprint density at radius 2 is 1.14 bits per heavy atom. The summed E-state index contributed by atoms with van der Waals surface area (Å²) in [6, 6.07) is 42.8. The van der Waals surface area contributed by atoms with Crippen LogP contribution in [-0.2, 0) is 0 Å². The first-order valence-electron chi connectivity index (χ1n) is 15.1. The van der Waals surface area contributed by atoms with Crippen LogP contribution in [-0.4, -0.2) is 0 Å². The van der Waals surface area contributed by atoms with Gasteiger partial charge in [0.25, 0.3) is 0 Å². The molecule has 0 radical (unpaired) electrons. The Kier molecular flexibility index (Phi) is 6.19. The summed E-state index contributed by atoms with van der Waals surface area (Å²) in [5, 5.41) is 5.30. The van der Waals surface area contributed by atoms with Crippen molar-refractivity contribution < 1.29 is 0 Å². The minimum atomic E-state index is 0.250. The summed E-state index contributed by atoms with van der Waals surface area (Å²) >= 11 is 0. The molecule has 3 unspecified atom stereocenters. The van der Waals surface area contributed by atoms with Gasteiger partial charge in [0.1, 0.15) is 0 Å². The Hall–Kier alpha value is -4.94. The zero-order valence-corrected chi connectivity index (χ0v) is 23.5. The van der Waals surface area contributed by atoms with Crippen LogP contribution in [0.4, 0.5) is 0 Å². The molecule has 0 aliphatic heterocycles. The Bertz CT molecular complexity index is 2060. The van der Waals surface area contributed by atoms with Crippen LogP contribution in [0.1, 0.15) is 29.0 Å². The Balaban J connectivity index is 1.45. The lowest BCUT2D eigenvalue weighted by molar-refractivity contribution is 0.687. The average Bonchev–Trinajstić information content (AvgIpc) is 3.07. The molecule has 0 spiro atoms. The highest BCUT2D eigenvalue weighted by Crippen LogP contribution is 2.43. The monoisotopic (exact) mass is 536 g/mol. The molecule has 200 valence electrons. The molecule has 0 N–H and O–H groups in total. The number of hydrogen-bond donors (Lipinski definition) is 0. The molecule has 0 aromatic heterocycles. The molecule has 0 saturated carbocycles. The lowest BCUT2D eigenvalue weighted by Crippen LogP contribution is -2.40. The van der Waals surface area contributed by atoms with E-state index in [4.69, 9.17) is 0 Å². The van der Waals surface area contributed by atoms with Gasteiger partial charge in [0.2, 0.25) is 0 Å². The van der Waals surface area contributed by atoms with Gasteiger partial charge in [-0.25, -0.2) is 0 Å². The van der Waals surface area contributed by atoms with Gasteiger partial charge in [0.05, 0.1) is 0 Å². The second kappa shape index (κ2) is 10.5. The zero-order chi connectivity index (χ0) is 27.9. The van der Waals surface area contributed by atoms with Gasteiger partial charge >= 0.3 is 0 Å². The van der Waals surface area contributed by atoms with Crippen LogP contribution < -0.4 is 10.4 Å². The first kappa shape index (κ1) is 24.8. The van der Waals surface area contributed by atoms with Gasteiger partial charge in [-0.2, -0.15) is 0 Å². The smallest absolute Gasteiger partial charge is 0.0137 e. The highest BCUT2D eigenvalue weighted by molar-refractivity contribution is 5.96. The number of allylic oxidation sites excluding steroid dienone is 8. The molecule has 0 nitrogen and oxygen atoms in total. The van der Waals surface area contributed by atoms with Gasteiger partial charge in [-0.05, 0) is 72.7 Å². The summed E-state index contributed by atoms with van der Waals surface area (Å²) < 4.78 is 0. The average molecular weight is 537 g/mol. The highest BCUT2D eigenvalue weighted by atomic mass is 14.4. The van der Waals surface area contributed by atoms with Crippen LogP contribution in [0.2, 0.25) is 0 Å². The third-order valence-corrected chi connectivity index (χ3v) is 9.17. The summed E-state index contributed by atoms with van der Waals surface area (Å²) in [4.78, 5) is 0. The van der Waals surface area contributed by atoms with Crippen LogP contribution in [0, 0.1) is 11.8 Å². The van der Waals surface area contributed by atoms with E-state index in [1.807, 2.05) is 0 Å². The summed E-state index contributed by atoms with van der Waals surface area (Å²) in [5.41, 5.74) is 9.45. The minimum Gasteiger partial charge on any atom is -0.0836 e. The predicted molar refractivity (Wildman–Crippen MR) is 177 cm³/mol. The van der Waals surface area contributed by atoms with E-state index in [9.17, 15) is 0 Å². The van der Waals surface area contributed by atoms with E-state index in [0.717, 1.165) is 6.42 Å². The molecule has 5 aromatic carbocycles. The van der Waals surface area contributed by atoms with Crippen molar-refractivity contribution >= 4 is 21.9 Å². The van der Waals surface area contributed by atoms with E-state index in [1.54, 1.807) is 0 Å². The van der Waals surface area contributed by atoms with E-state index in [2.05, 4.69) is 164 Å². The third-order valence-electron chi connectivity index (χ3n) is 9.17. The van der Waals surface area contributed by atoms with Gasteiger partial charge < -0.3 is 0 Å². The molecule has 0 fully saturated rings. The van der Waals surface area contributed by atoms with Crippen molar-refractivity contribution in [2.24, 2.45) is 11.8 Å². The van der Waals surface area contributed by atoms with Crippen LogP contribution >= 0.6 is 0 Å². The quantitative estimate of drug-likeness (QED) is 0.215. The molecule has 0 bridgehead atoms. The van der Waals surface area contributed by atoms with Crippen molar-refractivity contribution in [3.63, 3.8) is 0 Å². The fourth-order valence-electron chi connectivity index (χ4n) is 7.25. The molecule has 0 heterocycles. The molecule has 0 amide bonds. The molecular formula is C42H32. The van der Waals surface area contributed by atoms with Gasteiger partial charge in [-0.15, -0.1) is 0 Å². The summed E-state index contributed by atoms with van der Waals surface area (Å²) in [6.45, 7) is 0. The molecule has 3 atom stereocenters. The molecule has 42 heavy (non-hydrogen) atoms. The van der Waals surface area contributed by atoms with Gasteiger partial charge in [0, 0.05) is 17.8 Å². The first-order valence-corrected chi connectivity index (χ1v) is 15.1. The largest absolute Gasteiger partial charge is 0.0836 e. The molecule has 0 heteroatoms. The molecule has 3 aliphatic carbocycles. The lowest BCUT2D eigenvalue weighted by atomic mass is 9.69. The second-order valence-electron chi connectivity index (χ2n) is 11.6. The fraction of sp³-hybridized carbons (Fsp3) is 0.0952. The highest BCUT2D eigenvalue weighted by Gasteiger charge is 2.32. The predicted octanol–water partition coefficient (Wildman–Crippen LogP) is 8.88. The standard InChI is InChI=1S/C42H32/c1-3-14-29(15-4-1)32-26-33(30-16-5-2-6-17-30)28-34(27-32)41-37-21-9-11-23-39(37)42(40-24-12-10-22-38(40)41)36-25-13-19-31-18-7-8-20-35(31)36/h1-16,18-28,30,37,39H,17H2. The maximum Gasteiger partial charge on any atom is 0.0137 e. The van der Waals surface area contributed by atoms with Gasteiger partial charge in [-0.3, -0.25) is 0 Å². The molecule has 3 aliphatic rings. The fourth-order valence-corrected chi connectivity index (χ4v) is 7.25. The van der Waals surface area contributed by atoms with Crippen molar-refractivity contribution in [1.29, 1.82) is 0 Å². The topological polar surface area (TPSA) is 0 Å². The Labute approximate surface area is 247 Å². The zero-order valence-electron chi connectivity index (χ0n) is 23.5. The molecule has 0 saturated heterocycles. The van der Waals surface area contributed by atoms with Crippen LogP contribution in [0.25, 0.3) is 33.0 Å². The Morgan fingerprint density at radius 1 is 0.476 bits per heavy atom. The van der Waals surface area contributed by atoms with Crippen LogP contribution in [0.15, 0.2) is 164 Å². The van der Waals surface area contributed by atoms with Crippen molar-refractivity contribution in [2.75, 3.05) is 0 Å². The summed E-state index contributed by atoms with van der Waals surface area (Å²) in [7, 11) is 0. The third kappa shape index (κ3) is 4.23. The number of benzene rings is 5. The van der Waals surface area contributed by atoms with Gasteiger partial charge in [0.15, 0.2) is 0 Å². The van der Waals surface area contributed by atoms with Crippen molar-refractivity contribution in [2.45, 2.75) is 12.3 Å². The van der Waals surface area contributed by atoms with Gasteiger partial charge in [-0.1, -0.05) is 158 Å². The minimum absolute atomic E-state index is 0.250. The van der Waals surface area contributed by atoms with E-state index < -0.39 is 0 Å². The van der Waals surface area contributed by atoms with Crippen molar-refractivity contribution in [3.8, 4) is 11.1 Å². The number of hydrogen-bond acceptors (Lipinski definition) is 0. The summed E-state index contributed by atoms with van der Waals surface area (Å²) in [6.07, 6.45) is 19.4. The first-order chi connectivity index (χ1) is 20.8. The van der Waals surface area contributed by atoms with Crippen LogP contribution in [0.3, 0.4) is 0 Å². The van der Waals surface area contributed by atoms with E-state index in [-0.39, 0.29) is 11.8 Å². The van der Waals surface area contributed by atoms with E-state index in [0.29, 0.717) is 5.92 Å². The number of fused-ring (bicyclic) bond motifs is 3. The second-order valence-corrected chi connectivity index (χ2v) is 11.6. The lowest BCUT2D eigenvalue weighted by Gasteiger charge is -2.34. The van der Waals surface area contributed by atoms with Crippen molar-refractivity contribution in [3.05, 3.63) is 191 Å². The van der Waals surface area contributed by atoms with E-state index in [1.165, 1.54) is 60.2 Å². The summed E-state index contributed by atoms with van der Waals surface area (Å²) in [5.74, 6) is 0.888. The Morgan fingerprint density at radius 3 is 1.95 bits per heavy atom. The number of rotatable bonds is 4. The molecule has 8 rings (SSSR count). The normalized spacial score (nSPS) is 20.5. The maximum atomic E-state index is 2.47. The SMILES string of the molecule is C1=CCC(c2cc(C3=c4ccccc4=C(c4cccc5ccccc45)C4C=CC=CC34)cc(-c3ccccc3)c2)C=C1. The molecular weight excluding hydrogens is 504 g/mol.